The van der Waals surface area contributed by atoms with Crippen molar-refractivity contribution in [1.29, 1.82) is 0 Å². The number of ether oxygens (including phenoxy) is 2. The standard InChI is InChI=1S/C16H24N2O2/c1-14-11-15(17-3-2-7-19-8-4-17)13-16(12-14)18-5-9-20-10-6-18/h11-13H,2-10H2,1H3. The average Bonchev–Trinajstić information content (AvgIpc) is 2.77. The zero-order valence-corrected chi connectivity index (χ0v) is 12.3. The van der Waals surface area contributed by atoms with Crippen molar-refractivity contribution in [3.8, 4) is 0 Å². The average molecular weight is 276 g/mol. The topological polar surface area (TPSA) is 24.9 Å². The summed E-state index contributed by atoms with van der Waals surface area (Å²) in [4.78, 5) is 4.87. The van der Waals surface area contributed by atoms with Gasteiger partial charge in [0, 0.05) is 44.2 Å². The van der Waals surface area contributed by atoms with Gasteiger partial charge in [0.1, 0.15) is 0 Å². The lowest BCUT2D eigenvalue weighted by Gasteiger charge is -2.31. The molecule has 2 saturated heterocycles. The molecule has 2 aliphatic rings. The molecule has 0 unspecified atom stereocenters. The first kappa shape index (κ1) is 13.7. The second-order valence-corrected chi connectivity index (χ2v) is 5.58. The lowest BCUT2D eigenvalue weighted by Crippen LogP contribution is -2.36. The summed E-state index contributed by atoms with van der Waals surface area (Å²) in [6.45, 7) is 9.64. The summed E-state index contributed by atoms with van der Waals surface area (Å²) in [5.74, 6) is 0. The van der Waals surface area contributed by atoms with E-state index in [1.807, 2.05) is 0 Å². The van der Waals surface area contributed by atoms with Gasteiger partial charge in [-0.1, -0.05) is 0 Å². The van der Waals surface area contributed by atoms with Crippen LogP contribution in [0.1, 0.15) is 12.0 Å². The Morgan fingerprint density at radius 2 is 1.30 bits per heavy atom. The summed E-state index contributed by atoms with van der Waals surface area (Å²) in [7, 11) is 0. The second kappa shape index (κ2) is 6.46. The normalized spacial score (nSPS) is 20.9. The summed E-state index contributed by atoms with van der Waals surface area (Å²) in [6.07, 6.45) is 1.11. The lowest BCUT2D eigenvalue weighted by atomic mass is 10.1. The van der Waals surface area contributed by atoms with Gasteiger partial charge in [-0.05, 0) is 37.1 Å². The zero-order chi connectivity index (χ0) is 13.8. The number of aryl methyl sites for hydroxylation is 1. The van der Waals surface area contributed by atoms with E-state index in [1.54, 1.807) is 0 Å². The molecule has 0 spiro atoms. The SMILES string of the molecule is Cc1cc(N2CCCOCC2)cc(N2CCOCC2)c1. The van der Waals surface area contributed by atoms with Gasteiger partial charge in [0.05, 0.1) is 19.8 Å². The van der Waals surface area contributed by atoms with E-state index in [0.717, 1.165) is 59.0 Å². The molecule has 0 bridgehead atoms. The largest absolute Gasteiger partial charge is 0.380 e. The van der Waals surface area contributed by atoms with Crippen molar-refractivity contribution < 1.29 is 9.47 Å². The van der Waals surface area contributed by atoms with Gasteiger partial charge in [-0.25, -0.2) is 0 Å². The Balaban J connectivity index is 1.81. The van der Waals surface area contributed by atoms with Crippen molar-refractivity contribution >= 4 is 11.4 Å². The maximum atomic E-state index is 5.55. The quantitative estimate of drug-likeness (QED) is 0.825. The number of hydrogen-bond acceptors (Lipinski definition) is 4. The number of benzene rings is 1. The predicted molar refractivity (Wildman–Crippen MR) is 81.9 cm³/mol. The van der Waals surface area contributed by atoms with E-state index in [1.165, 1.54) is 16.9 Å². The molecule has 0 aromatic heterocycles. The molecule has 0 atom stereocenters. The molecule has 3 rings (SSSR count). The summed E-state index contributed by atoms with van der Waals surface area (Å²) in [5, 5.41) is 0. The van der Waals surface area contributed by atoms with Gasteiger partial charge in [-0.2, -0.15) is 0 Å². The highest BCUT2D eigenvalue weighted by atomic mass is 16.5. The Bertz CT molecular complexity index is 436. The van der Waals surface area contributed by atoms with E-state index in [0.29, 0.717) is 0 Å². The van der Waals surface area contributed by atoms with Gasteiger partial charge in [-0.3, -0.25) is 0 Å². The third-order valence-corrected chi connectivity index (χ3v) is 4.01. The van der Waals surface area contributed by atoms with Crippen molar-refractivity contribution in [3.63, 3.8) is 0 Å². The number of morpholine rings is 1. The zero-order valence-electron chi connectivity index (χ0n) is 12.3. The molecular formula is C16H24N2O2. The minimum Gasteiger partial charge on any atom is -0.380 e. The molecule has 1 aromatic carbocycles. The fraction of sp³-hybridized carbons (Fsp3) is 0.625. The van der Waals surface area contributed by atoms with E-state index >= 15 is 0 Å². The minimum absolute atomic E-state index is 0.834. The van der Waals surface area contributed by atoms with Gasteiger partial charge in [-0.15, -0.1) is 0 Å². The van der Waals surface area contributed by atoms with Crippen molar-refractivity contribution in [2.75, 3.05) is 62.4 Å². The summed E-state index contributed by atoms with van der Waals surface area (Å²) >= 11 is 0. The Morgan fingerprint density at radius 1 is 0.750 bits per heavy atom. The van der Waals surface area contributed by atoms with Crippen LogP contribution in [0.3, 0.4) is 0 Å². The van der Waals surface area contributed by atoms with Crippen molar-refractivity contribution in [3.05, 3.63) is 23.8 Å². The van der Waals surface area contributed by atoms with Gasteiger partial charge in [0.15, 0.2) is 0 Å². The van der Waals surface area contributed by atoms with E-state index in [4.69, 9.17) is 9.47 Å². The lowest BCUT2D eigenvalue weighted by molar-refractivity contribution is 0.122. The van der Waals surface area contributed by atoms with Gasteiger partial charge in [0.2, 0.25) is 0 Å². The molecular weight excluding hydrogens is 252 g/mol. The molecule has 0 saturated carbocycles. The van der Waals surface area contributed by atoms with Crippen LogP contribution in [0.2, 0.25) is 0 Å². The van der Waals surface area contributed by atoms with Crippen LogP contribution in [0.5, 0.6) is 0 Å². The van der Waals surface area contributed by atoms with Crippen LogP contribution in [-0.4, -0.2) is 52.6 Å². The molecule has 2 aliphatic heterocycles. The predicted octanol–water partition coefficient (Wildman–Crippen LogP) is 2.06. The first-order chi connectivity index (χ1) is 9.83. The van der Waals surface area contributed by atoms with Gasteiger partial charge < -0.3 is 19.3 Å². The first-order valence-electron chi connectivity index (χ1n) is 7.60. The third-order valence-electron chi connectivity index (χ3n) is 4.01. The van der Waals surface area contributed by atoms with Crippen LogP contribution in [0.25, 0.3) is 0 Å². The van der Waals surface area contributed by atoms with Crippen LogP contribution in [0, 0.1) is 6.92 Å². The Labute approximate surface area is 121 Å². The molecule has 0 amide bonds. The molecule has 0 N–H and O–H groups in total. The van der Waals surface area contributed by atoms with Crippen molar-refractivity contribution in [2.45, 2.75) is 13.3 Å². The number of nitrogens with zero attached hydrogens (tertiary/aromatic N) is 2. The van der Waals surface area contributed by atoms with E-state index in [9.17, 15) is 0 Å². The first-order valence-corrected chi connectivity index (χ1v) is 7.60. The van der Waals surface area contributed by atoms with Crippen LogP contribution in [0.15, 0.2) is 18.2 Å². The molecule has 20 heavy (non-hydrogen) atoms. The van der Waals surface area contributed by atoms with E-state index in [-0.39, 0.29) is 0 Å². The summed E-state index contributed by atoms with van der Waals surface area (Å²) < 4.78 is 11.0. The second-order valence-electron chi connectivity index (χ2n) is 5.58. The molecule has 110 valence electrons. The van der Waals surface area contributed by atoms with Crippen molar-refractivity contribution in [1.82, 2.24) is 0 Å². The summed E-state index contributed by atoms with van der Waals surface area (Å²) in [5.41, 5.74) is 3.99. The fourth-order valence-electron chi connectivity index (χ4n) is 2.93. The molecule has 2 fully saturated rings. The van der Waals surface area contributed by atoms with Crippen LogP contribution < -0.4 is 9.80 Å². The molecule has 1 aromatic rings. The van der Waals surface area contributed by atoms with Crippen LogP contribution in [0.4, 0.5) is 11.4 Å². The Morgan fingerprint density at radius 3 is 1.95 bits per heavy atom. The van der Waals surface area contributed by atoms with E-state index < -0.39 is 0 Å². The maximum absolute atomic E-state index is 5.55. The van der Waals surface area contributed by atoms with Gasteiger partial charge in [0.25, 0.3) is 0 Å². The molecule has 4 heteroatoms. The number of hydrogen-bond donors (Lipinski definition) is 0. The number of anilines is 2. The smallest absolute Gasteiger partial charge is 0.0642 e. The highest BCUT2D eigenvalue weighted by molar-refractivity contribution is 5.61. The highest BCUT2D eigenvalue weighted by Gasteiger charge is 2.15. The minimum atomic E-state index is 0.834. The third kappa shape index (κ3) is 3.25. The van der Waals surface area contributed by atoms with Crippen LogP contribution >= 0.6 is 0 Å². The molecule has 0 radical (unpaired) electrons. The van der Waals surface area contributed by atoms with E-state index in [2.05, 4.69) is 34.9 Å². The number of rotatable bonds is 2. The maximum Gasteiger partial charge on any atom is 0.0642 e. The fourth-order valence-corrected chi connectivity index (χ4v) is 2.93. The molecule has 0 aliphatic carbocycles. The Kier molecular flexibility index (Phi) is 4.43. The van der Waals surface area contributed by atoms with Crippen molar-refractivity contribution in [2.24, 2.45) is 0 Å². The molecule has 4 nitrogen and oxygen atoms in total. The van der Waals surface area contributed by atoms with Gasteiger partial charge >= 0.3 is 0 Å². The summed E-state index contributed by atoms with van der Waals surface area (Å²) in [6, 6.07) is 6.89. The highest BCUT2D eigenvalue weighted by Crippen LogP contribution is 2.26. The van der Waals surface area contributed by atoms with Crippen LogP contribution in [-0.2, 0) is 9.47 Å². The monoisotopic (exact) mass is 276 g/mol. The molecule has 2 heterocycles. The Hall–Kier alpha value is -1.26.